The van der Waals surface area contributed by atoms with Gasteiger partial charge in [0.15, 0.2) is 0 Å². The Bertz CT molecular complexity index is 1420. The second-order valence-electron chi connectivity index (χ2n) is 11.3. The van der Waals surface area contributed by atoms with E-state index in [2.05, 4.69) is 71.9 Å². The summed E-state index contributed by atoms with van der Waals surface area (Å²) in [6.45, 7) is 9.30. The van der Waals surface area contributed by atoms with E-state index in [1.54, 1.807) is 6.07 Å². The number of nitrogens with zero attached hydrogens (tertiary/aromatic N) is 1. The lowest BCUT2D eigenvalue weighted by Crippen LogP contribution is -2.21. The molecule has 6 rings (SSSR count). The van der Waals surface area contributed by atoms with Crippen molar-refractivity contribution in [3.63, 3.8) is 0 Å². The van der Waals surface area contributed by atoms with Crippen LogP contribution < -0.4 is 5.32 Å². The van der Waals surface area contributed by atoms with E-state index in [0.29, 0.717) is 0 Å². The Balaban J connectivity index is 1.20. The van der Waals surface area contributed by atoms with Gasteiger partial charge < -0.3 is 15.0 Å². The maximum atomic E-state index is 10.2. The number of phenols is 1. The molecule has 2 N–H and O–H groups in total. The lowest BCUT2D eigenvalue weighted by atomic mass is 10.0. The molecule has 3 nitrogen and oxygen atoms in total. The summed E-state index contributed by atoms with van der Waals surface area (Å²) in [5.74, 6) is 1.21. The summed E-state index contributed by atoms with van der Waals surface area (Å²) in [7, 11) is 0. The molecular weight excluding hydrogens is 452 g/mol. The molecule has 4 aromatic rings. The molecule has 2 aliphatic carbocycles. The average Bonchev–Trinajstić information content (AvgIpc) is 3.21. The third kappa shape index (κ3) is 4.62. The number of phenolic OH excluding ortho intramolecular Hbond substituents is 1. The van der Waals surface area contributed by atoms with Gasteiger partial charge in [-0.15, -0.1) is 0 Å². The Morgan fingerprint density at radius 3 is 2.54 bits per heavy atom. The zero-order chi connectivity index (χ0) is 25.4. The number of aryl methyl sites for hydroxylation is 1. The fourth-order valence-corrected chi connectivity index (χ4v) is 6.78. The molecule has 2 fully saturated rings. The van der Waals surface area contributed by atoms with Crippen molar-refractivity contribution in [2.45, 2.75) is 52.0 Å². The monoisotopic (exact) mass is 490 g/mol. The lowest BCUT2D eigenvalue weighted by molar-refractivity contribution is 0.453. The molecule has 190 valence electrons. The molecule has 2 saturated carbocycles. The number of fused-ring (bicyclic) bond motifs is 1. The highest BCUT2D eigenvalue weighted by Crippen LogP contribution is 2.62. The Hall–Kier alpha value is -3.30. The Kier molecular flexibility index (Phi) is 6.42. The van der Waals surface area contributed by atoms with Gasteiger partial charge in [-0.1, -0.05) is 74.0 Å². The first-order valence-corrected chi connectivity index (χ1v) is 13.9. The van der Waals surface area contributed by atoms with Crippen molar-refractivity contribution in [3.8, 4) is 17.0 Å². The van der Waals surface area contributed by atoms with Crippen molar-refractivity contribution >= 4 is 17.0 Å². The molecule has 3 aromatic carbocycles. The molecule has 0 amide bonds. The second-order valence-corrected chi connectivity index (χ2v) is 11.3. The first-order valence-electron chi connectivity index (χ1n) is 13.9. The summed E-state index contributed by atoms with van der Waals surface area (Å²) in [6, 6.07) is 23.3. The van der Waals surface area contributed by atoms with Crippen LogP contribution in [0.2, 0.25) is 0 Å². The van der Waals surface area contributed by atoms with Crippen molar-refractivity contribution in [1.82, 2.24) is 9.88 Å². The molecule has 3 heteroatoms. The molecule has 0 aliphatic heterocycles. The first kappa shape index (κ1) is 24.1. The molecule has 0 saturated heterocycles. The van der Waals surface area contributed by atoms with Gasteiger partial charge in [0.1, 0.15) is 5.75 Å². The summed E-state index contributed by atoms with van der Waals surface area (Å²) in [5.41, 5.74) is 9.15. The van der Waals surface area contributed by atoms with E-state index >= 15 is 0 Å². The van der Waals surface area contributed by atoms with Crippen LogP contribution in [0.4, 0.5) is 0 Å². The van der Waals surface area contributed by atoms with Gasteiger partial charge in [-0.25, -0.2) is 0 Å². The molecule has 1 unspecified atom stereocenters. The predicted molar refractivity (Wildman–Crippen MR) is 155 cm³/mol. The fraction of sp³-hybridized carbons (Fsp3) is 0.353. The molecule has 1 heterocycles. The van der Waals surface area contributed by atoms with Gasteiger partial charge in [0.2, 0.25) is 0 Å². The minimum absolute atomic E-state index is 0.280. The van der Waals surface area contributed by atoms with Crippen LogP contribution in [0.1, 0.15) is 54.4 Å². The van der Waals surface area contributed by atoms with Gasteiger partial charge in [0, 0.05) is 28.6 Å². The molecule has 0 bridgehead atoms. The number of aromatic hydroxyl groups is 1. The summed E-state index contributed by atoms with van der Waals surface area (Å²) in [5, 5.41) is 15.0. The Morgan fingerprint density at radius 2 is 1.78 bits per heavy atom. The van der Waals surface area contributed by atoms with Crippen LogP contribution in [0.3, 0.4) is 0 Å². The number of rotatable bonds is 9. The number of nitrogens with one attached hydrogen (secondary N) is 1. The maximum Gasteiger partial charge on any atom is 0.116 e. The Labute approximate surface area is 220 Å². The van der Waals surface area contributed by atoms with Crippen molar-refractivity contribution in [2.75, 3.05) is 13.1 Å². The van der Waals surface area contributed by atoms with Gasteiger partial charge >= 0.3 is 0 Å². The van der Waals surface area contributed by atoms with E-state index < -0.39 is 0 Å². The molecule has 1 spiro atoms. The van der Waals surface area contributed by atoms with Crippen LogP contribution in [0.15, 0.2) is 73.3 Å². The maximum absolute atomic E-state index is 10.2. The molecule has 0 radical (unpaired) electrons. The number of aromatic nitrogens is 1. The predicted octanol–water partition coefficient (Wildman–Crippen LogP) is 7.73. The van der Waals surface area contributed by atoms with Gasteiger partial charge in [0.05, 0.1) is 5.69 Å². The quantitative estimate of drug-likeness (QED) is 0.236. The van der Waals surface area contributed by atoms with E-state index in [4.69, 9.17) is 0 Å². The van der Waals surface area contributed by atoms with E-state index in [1.807, 2.05) is 18.2 Å². The molecule has 2 aliphatic rings. The number of hydrogen-bond acceptors (Lipinski definition) is 2. The first-order chi connectivity index (χ1) is 18.1. The number of hydrogen-bond donors (Lipinski definition) is 2. The highest BCUT2D eigenvalue weighted by atomic mass is 16.3. The molecule has 37 heavy (non-hydrogen) atoms. The molecule has 1 atom stereocenters. The van der Waals surface area contributed by atoms with Crippen molar-refractivity contribution in [2.24, 2.45) is 11.3 Å². The Morgan fingerprint density at radius 1 is 1.03 bits per heavy atom. The summed E-state index contributed by atoms with van der Waals surface area (Å²) in [4.78, 5) is 0. The largest absolute Gasteiger partial charge is 0.508 e. The highest BCUT2D eigenvalue weighted by molar-refractivity contribution is 5.98. The van der Waals surface area contributed by atoms with Crippen LogP contribution in [-0.4, -0.2) is 22.8 Å². The minimum Gasteiger partial charge on any atom is -0.508 e. The molecular formula is C34H38N2O. The topological polar surface area (TPSA) is 37.2 Å². The lowest BCUT2D eigenvalue weighted by Gasteiger charge is -2.15. The van der Waals surface area contributed by atoms with Crippen LogP contribution in [0, 0.1) is 18.3 Å². The van der Waals surface area contributed by atoms with Crippen molar-refractivity contribution in [3.05, 3.63) is 95.6 Å². The SMILES string of the molecule is C=Cc1c(-c2ccccc2C)n(Cc2ccc(CCNCC3CC34CCCC4)cc2)c2ccc(O)cc12. The van der Waals surface area contributed by atoms with Gasteiger partial charge in [0.25, 0.3) is 0 Å². The zero-order valence-corrected chi connectivity index (χ0v) is 22.0. The molecule has 1 aromatic heterocycles. The van der Waals surface area contributed by atoms with Gasteiger partial charge in [-0.2, -0.15) is 0 Å². The van der Waals surface area contributed by atoms with E-state index in [9.17, 15) is 5.11 Å². The third-order valence-corrected chi connectivity index (χ3v) is 8.99. The van der Waals surface area contributed by atoms with E-state index in [0.717, 1.165) is 53.0 Å². The zero-order valence-electron chi connectivity index (χ0n) is 22.0. The normalized spacial score (nSPS) is 18.0. The van der Waals surface area contributed by atoms with E-state index in [1.165, 1.54) is 60.9 Å². The van der Waals surface area contributed by atoms with Crippen LogP contribution in [0.25, 0.3) is 28.2 Å². The van der Waals surface area contributed by atoms with Gasteiger partial charge in [-0.05, 0) is 91.9 Å². The van der Waals surface area contributed by atoms with Crippen molar-refractivity contribution < 1.29 is 5.11 Å². The number of benzene rings is 3. The minimum atomic E-state index is 0.280. The highest BCUT2D eigenvalue weighted by Gasteiger charge is 2.54. The fourth-order valence-electron chi connectivity index (χ4n) is 6.78. The smallest absolute Gasteiger partial charge is 0.116 e. The summed E-state index contributed by atoms with van der Waals surface area (Å²) < 4.78 is 2.37. The average molecular weight is 491 g/mol. The van der Waals surface area contributed by atoms with Crippen LogP contribution in [0.5, 0.6) is 5.75 Å². The summed E-state index contributed by atoms with van der Waals surface area (Å²) >= 11 is 0. The van der Waals surface area contributed by atoms with Crippen LogP contribution >= 0.6 is 0 Å². The third-order valence-electron chi connectivity index (χ3n) is 8.99. The van der Waals surface area contributed by atoms with Gasteiger partial charge in [-0.3, -0.25) is 0 Å². The summed E-state index contributed by atoms with van der Waals surface area (Å²) in [6.07, 6.45) is 10.3. The second kappa shape index (κ2) is 9.87. The van der Waals surface area contributed by atoms with Crippen LogP contribution in [-0.2, 0) is 13.0 Å². The van der Waals surface area contributed by atoms with E-state index in [-0.39, 0.29) is 5.75 Å². The van der Waals surface area contributed by atoms with Crippen molar-refractivity contribution in [1.29, 1.82) is 0 Å². The standard InChI is InChI=1S/C34H38N2O/c1-3-29-31-20-28(37)14-15-32(31)36(33(29)30-9-5-4-8-24(30)2)23-26-12-10-25(11-13-26)16-19-35-22-27-21-34(27)17-6-7-18-34/h3-5,8-15,20,27,35,37H,1,6-7,16-19,21-23H2,2H3.